The summed E-state index contributed by atoms with van der Waals surface area (Å²) in [5.74, 6) is 0.991. The van der Waals surface area contributed by atoms with E-state index in [4.69, 9.17) is 27.9 Å². The Kier molecular flexibility index (Phi) is 6.31. The van der Waals surface area contributed by atoms with Gasteiger partial charge in [-0.05, 0) is 42.7 Å². The Balaban J connectivity index is 2.06. The smallest absolute Gasteiger partial charge is 0.255 e. The molecule has 3 nitrogen and oxygen atoms in total. The molecule has 0 atom stereocenters. The van der Waals surface area contributed by atoms with Crippen LogP contribution >= 0.6 is 23.2 Å². The average Bonchev–Trinajstić information content (AvgIpc) is 2.52. The van der Waals surface area contributed by atoms with Gasteiger partial charge < -0.3 is 10.1 Å². The van der Waals surface area contributed by atoms with Crippen molar-refractivity contribution >= 4 is 34.8 Å². The molecule has 0 radical (unpaired) electrons. The number of anilines is 1. The number of rotatable bonds is 6. The van der Waals surface area contributed by atoms with Crippen molar-refractivity contribution in [1.82, 2.24) is 0 Å². The number of benzene rings is 2. The molecule has 1 N–H and O–H groups in total. The Hall–Kier alpha value is -1.71. The maximum Gasteiger partial charge on any atom is 0.255 e. The summed E-state index contributed by atoms with van der Waals surface area (Å²) in [5, 5.41) is 3.48. The largest absolute Gasteiger partial charge is 0.494 e. The summed E-state index contributed by atoms with van der Waals surface area (Å²) in [6.07, 6.45) is 0.967. The highest BCUT2D eigenvalue weighted by Crippen LogP contribution is 2.30. The standard InChI is InChI=1S/C18H19Cl2NO2/c1-12(2)9-10-23-14-6-3-5-13(11-14)18(22)21-16-8-4-7-15(19)17(16)20/h3-8,11-12H,9-10H2,1-2H3,(H,21,22). The third kappa shape index (κ3) is 5.15. The van der Waals surface area contributed by atoms with Crippen LogP contribution in [0.25, 0.3) is 0 Å². The van der Waals surface area contributed by atoms with Gasteiger partial charge in [-0.15, -0.1) is 0 Å². The first kappa shape index (κ1) is 17.6. The van der Waals surface area contributed by atoms with E-state index in [1.807, 2.05) is 6.07 Å². The average molecular weight is 352 g/mol. The molecule has 2 aromatic carbocycles. The van der Waals surface area contributed by atoms with Crippen LogP contribution in [0.4, 0.5) is 5.69 Å². The lowest BCUT2D eigenvalue weighted by Crippen LogP contribution is -2.12. The van der Waals surface area contributed by atoms with Gasteiger partial charge in [0.15, 0.2) is 0 Å². The molecule has 0 saturated carbocycles. The van der Waals surface area contributed by atoms with Crippen LogP contribution in [-0.2, 0) is 0 Å². The molecule has 2 aromatic rings. The maximum atomic E-state index is 12.3. The molecule has 0 aromatic heterocycles. The van der Waals surface area contributed by atoms with E-state index >= 15 is 0 Å². The van der Waals surface area contributed by atoms with Crippen molar-refractivity contribution in [2.75, 3.05) is 11.9 Å². The van der Waals surface area contributed by atoms with E-state index in [-0.39, 0.29) is 5.91 Å². The molecule has 2 rings (SSSR count). The fourth-order valence-electron chi connectivity index (χ4n) is 1.93. The quantitative estimate of drug-likeness (QED) is 0.727. The molecule has 0 heterocycles. The van der Waals surface area contributed by atoms with E-state index in [0.29, 0.717) is 39.6 Å². The zero-order valence-corrected chi connectivity index (χ0v) is 14.6. The minimum atomic E-state index is -0.261. The molecular formula is C18H19Cl2NO2. The van der Waals surface area contributed by atoms with E-state index < -0.39 is 0 Å². The van der Waals surface area contributed by atoms with Crippen molar-refractivity contribution in [2.24, 2.45) is 5.92 Å². The van der Waals surface area contributed by atoms with Crippen LogP contribution in [-0.4, -0.2) is 12.5 Å². The lowest BCUT2D eigenvalue weighted by molar-refractivity contribution is 0.102. The monoisotopic (exact) mass is 351 g/mol. The first-order valence-electron chi connectivity index (χ1n) is 7.45. The van der Waals surface area contributed by atoms with Crippen LogP contribution < -0.4 is 10.1 Å². The molecule has 1 amide bonds. The van der Waals surface area contributed by atoms with Crippen molar-refractivity contribution in [3.8, 4) is 5.75 Å². The SMILES string of the molecule is CC(C)CCOc1cccc(C(=O)Nc2cccc(Cl)c2Cl)c1. The van der Waals surface area contributed by atoms with E-state index in [1.54, 1.807) is 36.4 Å². The summed E-state index contributed by atoms with van der Waals surface area (Å²) < 4.78 is 5.67. The summed E-state index contributed by atoms with van der Waals surface area (Å²) in [6.45, 7) is 4.91. The molecule has 0 saturated heterocycles. The molecule has 0 unspecified atom stereocenters. The molecule has 0 bridgehead atoms. The Morgan fingerprint density at radius 2 is 1.91 bits per heavy atom. The second kappa shape index (κ2) is 8.23. The van der Waals surface area contributed by atoms with Gasteiger partial charge in [0.2, 0.25) is 0 Å². The highest BCUT2D eigenvalue weighted by atomic mass is 35.5. The summed E-state index contributed by atoms with van der Waals surface area (Å²) >= 11 is 12.0. The number of carbonyl (C=O) groups excluding carboxylic acids is 1. The third-order valence-corrected chi connectivity index (χ3v) is 4.08. The van der Waals surface area contributed by atoms with Gasteiger partial charge in [-0.25, -0.2) is 0 Å². The molecule has 5 heteroatoms. The van der Waals surface area contributed by atoms with Crippen molar-refractivity contribution in [1.29, 1.82) is 0 Å². The Morgan fingerprint density at radius 3 is 2.65 bits per heavy atom. The van der Waals surface area contributed by atoms with Gasteiger partial charge in [-0.1, -0.05) is 49.2 Å². The number of ether oxygens (including phenoxy) is 1. The van der Waals surface area contributed by atoms with E-state index in [1.165, 1.54) is 0 Å². The van der Waals surface area contributed by atoms with E-state index in [9.17, 15) is 4.79 Å². The Labute approximate surface area is 146 Å². The van der Waals surface area contributed by atoms with Crippen molar-refractivity contribution < 1.29 is 9.53 Å². The number of hydrogen-bond acceptors (Lipinski definition) is 2. The zero-order chi connectivity index (χ0) is 16.8. The van der Waals surface area contributed by atoms with Gasteiger partial charge in [0, 0.05) is 5.56 Å². The summed E-state index contributed by atoms with van der Waals surface area (Å²) in [5.41, 5.74) is 0.985. The van der Waals surface area contributed by atoms with Crippen LogP contribution in [0.2, 0.25) is 10.0 Å². The Bertz CT molecular complexity index is 686. The highest BCUT2D eigenvalue weighted by molar-refractivity contribution is 6.44. The van der Waals surface area contributed by atoms with Crippen molar-refractivity contribution in [3.05, 3.63) is 58.1 Å². The molecule has 122 valence electrons. The fraction of sp³-hybridized carbons (Fsp3) is 0.278. The lowest BCUT2D eigenvalue weighted by Gasteiger charge is -2.11. The second-order valence-electron chi connectivity index (χ2n) is 5.61. The van der Waals surface area contributed by atoms with Crippen LogP contribution in [0.1, 0.15) is 30.6 Å². The van der Waals surface area contributed by atoms with Gasteiger partial charge >= 0.3 is 0 Å². The number of hydrogen-bond donors (Lipinski definition) is 1. The van der Waals surface area contributed by atoms with Crippen LogP contribution in [0, 0.1) is 5.92 Å². The maximum absolute atomic E-state index is 12.3. The first-order chi connectivity index (χ1) is 11.0. The fourth-order valence-corrected chi connectivity index (χ4v) is 2.28. The summed E-state index contributed by atoms with van der Waals surface area (Å²) in [6, 6.07) is 12.2. The summed E-state index contributed by atoms with van der Waals surface area (Å²) in [7, 11) is 0. The molecule has 23 heavy (non-hydrogen) atoms. The van der Waals surface area contributed by atoms with Gasteiger partial charge in [0.25, 0.3) is 5.91 Å². The van der Waals surface area contributed by atoms with E-state index in [2.05, 4.69) is 19.2 Å². The third-order valence-electron chi connectivity index (χ3n) is 3.26. The molecule has 0 fully saturated rings. The zero-order valence-electron chi connectivity index (χ0n) is 13.1. The predicted octanol–water partition coefficient (Wildman–Crippen LogP) is 5.67. The molecule has 0 spiro atoms. The number of carbonyl (C=O) groups is 1. The molecule has 0 aliphatic carbocycles. The Morgan fingerprint density at radius 1 is 1.17 bits per heavy atom. The normalized spacial score (nSPS) is 10.7. The van der Waals surface area contributed by atoms with E-state index in [0.717, 1.165) is 6.42 Å². The molecule has 0 aliphatic heterocycles. The highest BCUT2D eigenvalue weighted by Gasteiger charge is 2.11. The van der Waals surface area contributed by atoms with Gasteiger partial charge in [-0.3, -0.25) is 4.79 Å². The van der Waals surface area contributed by atoms with Gasteiger partial charge in [0.05, 0.1) is 22.3 Å². The van der Waals surface area contributed by atoms with Gasteiger partial charge in [0.1, 0.15) is 5.75 Å². The van der Waals surface area contributed by atoms with Crippen molar-refractivity contribution in [2.45, 2.75) is 20.3 Å². The second-order valence-corrected chi connectivity index (χ2v) is 6.40. The topological polar surface area (TPSA) is 38.3 Å². The van der Waals surface area contributed by atoms with Crippen LogP contribution in [0.3, 0.4) is 0 Å². The minimum Gasteiger partial charge on any atom is -0.494 e. The summed E-state index contributed by atoms with van der Waals surface area (Å²) in [4.78, 5) is 12.3. The van der Waals surface area contributed by atoms with Crippen molar-refractivity contribution in [3.63, 3.8) is 0 Å². The van der Waals surface area contributed by atoms with Crippen LogP contribution in [0.5, 0.6) is 5.75 Å². The number of amides is 1. The number of nitrogens with one attached hydrogen (secondary N) is 1. The minimum absolute atomic E-state index is 0.261. The predicted molar refractivity (Wildman–Crippen MR) is 95.8 cm³/mol. The van der Waals surface area contributed by atoms with Crippen LogP contribution in [0.15, 0.2) is 42.5 Å². The first-order valence-corrected chi connectivity index (χ1v) is 8.21. The molecule has 0 aliphatic rings. The van der Waals surface area contributed by atoms with Gasteiger partial charge in [-0.2, -0.15) is 0 Å². The lowest BCUT2D eigenvalue weighted by atomic mass is 10.1. The number of halogens is 2. The molecular weight excluding hydrogens is 333 g/mol.